The lowest BCUT2D eigenvalue weighted by Crippen LogP contribution is -1.94. The number of carbonyl (C=O) groups is 1. The number of rotatable bonds is 3. The summed E-state index contributed by atoms with van der Waals surface area (Å²) in [6.45, 7) is 0. The van der Waals surface area contributed by atoms with Crippen LogP contribution in [0.25, 0.3) is 21.8 Å². The van der Waals surface area contributed by atoms with Gasteiger partial charge in [0.15, 0.2) is 0 Å². The maximum absolute atomic E-state index is 10.9. The van der Waals surface area contributed by atoms with Crippen LogP contribution in [-0.4, -0.2) is 21.0 Å². The third kappa shape index (κ3) is 2.81. The first kappa shape index (κ1) is 14.1. The van der Waals surface area contributed by atoms with Gasteiger partial charge in [0.2, 0.25) is 0 Å². The van der Waals surface area contributed by atoms with E-state index in [1.165, 1.54) is 11.3 Å². The number of aromatic nitrogens is 2. The zero-order valence-corrected chi connectivity index (χ0v) is 12.8. The number of nitrogens with one attached hydrogen (secondary N) is 1. The van der Waals surface area contributed by atoms with E-state index >= 15 is 0 Å². The standard InChI is InChI=1S/C14H8Cl2N2O2S/c15-9-2-1-7(3-10(9)16)13-18-12(6-21-13)8-4-11(14(19)20)17-5-8/h1-6,17H,(H,19,20). The number of benzene rings is 1. The van der Waals surface area contributed by atoms with Gasteiger partial charge in [0.25, 0.3) is 0 Å². The predicted molar refractivity (Wildman–Crippen MR) is 84.3 cm³/mol. The highest BCUT2D eigenvalue weighted by molar-refractivity contribution is 7.13. The zero-order chi connectivity index (χ0) is 15.0. The van der Waals surface area contributed by atoms with Crippen LogP contribution in [0, 0.1) is 0 Å². The minimum Gasteiger partial charge on any atom is -0.477 e. The van der Waals surface area contributed by atoms with E-state index in [1.54, 1.807) is 24.4 Å². The average molecular weight is 339 g/mol. The van der Waals surface area contributed by atoms with Gasteiger partial charge in [-0.2, -0.15) is 0 Å². The van der Waals surface area contributed by atoms with E-state index in [0.717, 1.165) is 16.1 Å². The molecule has 0 aliphatic heterocycles. The van der Waals surface area contributed by atoms with Crippen LogP contribution in [0.2, 0.25) is 10.0 Å². The Morgan fingerprint density at radius 1 is 1.19 bits per heavy atom. The second-order valence-corrected chi connectivity index (χ2v) is 5.95. The second kappa shape index (κ2) is 5.52. The van der Waals surface area contributed by atoms with Crippen LogP contribution in [-0.2, 0) is 0 Å². The first-order chi connectivity index (χ1) is 10.0. The highest BCUT2D eigenvalue weighted by atomic mass is 35.5. The Morgan fingerprint density at radius 2 is 2.00 bits per heavy atom. The van der Waals surface area contributed by atoms with Crippen molar-refractivity contribution in [1.82, 2.24) is 9.97 Å². The molecule has 2 heterocycles. The van der Waals surface area contributed by atoms with Crippen LogP contribution in [0.15, 0.2) is 35.8 Å². The third-order valence-electron chi connectivity index (χ3n) is 2.88. The number of carboxylic acids is 1. The smallest absolute Gasteiger partial charge is 0.352 e. The van der Waals surface area contributed by atoms with E-state index in [0.29, 0.717) is 15.7 Å². The van der Waals surface area contributed by atoms with Gasteiger partial charge in [-0.05, 0) is 18.2 Å². The van der Waals surface area contributed by atoms with Crippen molar-refractivity contribution in [3.05, 3.63) is 51.6 Å². The number of aromatic carboxylic acids is 1. The van der Waals surface area contributed by atoms with E-state index < -0.39 is 5.97 Å². The van der Waals surface area contributed by atoms with Gasteiger partial charge >= 0.3 is 5.97 Å². The van der Waals surface area contributed by atoms with Crippen molar-refractivity contribution in [2.75, 3.05) is 0 Å². The predicted octanol–water partition coefficient (Wildman–Crippen LogP) is 4.81. The molecule has 0 aliphatic carbocycles. The molecule has 1 aromatic carbocycles. The molecule has 3 rings (SSSR count). The van der Waals surface area contributed by atoms with Crippen LogP contribution < -0.4 is 0 Å². The van der Waals surface area contributed by atoms with Crippen molar-refractivity contribution in [2.45, 2.75) is 0 Å². The zero-order valence-electron chi connectivity index (χ0n) is 10.4. The summed E-state index contributed by atoms with van der Waals surface area (Å²) in [5.74, 6) is -0.999. The van der Waals surface area contributed by atoms with E-state index in [-0.39, 0.29) is 5.69 Å². The number of halogens is 2. The maximum atomic E-state index is 10.9. The van der Waals surface area contributed by atoms with Crippen molar-refractivity contribution in [3.8, 4) is 21.8 Å². The Morgan fingerprint density at radius 3 is 2.67 bits per heavy atom. The summed E-state index contributed by atoms with van der Waals surface area (Å²) < 4.78 is 0. The monoisotopic (exact) mass is 338 g/mol. The third-order valence-corrected chi connectivity index (χ3v) is 4.51. The second-order valence-electron chi connectivity index (χ2n) is 4.27. The molecular formula is C14H8Cl2N2O2S. The van der Waals surface area contributed by atoms with Crippen molar-refractivity contribution < 1.29 is 9.90 Å². The molecule has 0 aliphatic rings. The largest absolute Gasteiger partial charge is 0.477 e. The van der Waals surface area contributed by atoms with Gasteiger partial charge in [-0.15, -0.1) is 11.3 Å². The Hall–Kier alpha value is -1.82. The molecule has 2 N–H and O–H groups in total. The van der Waals surface area contributed by atoms with Crippen LogP contribution >= 0.6 is 34.5 Å². The number of thiazole rings is 1. The number of aromatic amines is 1. The normalized spacial score (nSPS) is 10.8. The molecule has 0 atom stereocenters. The lowest BCUT2D eigenvalue weighted by Gasteiger charge is -1.99. The highest BCUT2D eigenvalue weighted by Crippen LogP contribution is 2.32. The number of carboxylic acid groups (broad SMARTS) is 1. The van der Waals surface area contributed by atoms with Crippen LogP contribution in [0.3, 0.4) is 0 Å². The van der Waals surface area contributed by atoms with Crippen molar-refractivity contribution in [1.29, 1.82) is 0 Å². The molecule has 0 amide bonds. The Balaban J connectivity index is 1.95. The quantitative estimate of drug-likeness (QED) is 0.720. The van der Waals surface area contributed by atoms with Crippen LogP contribution in [0.5, 0.6) is 0 Å². The summed E-state index contributed by atoms with van der Waals surface area (Å²) in [7, 11) is 0. The van der Waals surface area contributed by atoms with E-state index in [2.05, 4.69) is 9.97 Å². The molecule has 0 unspecified atom stereocenters. The molecule has 0 spiro atoms. The number of hydrogen-bond acceptors (Lipinski definition) is 3. The molecule has 0 saturated heterocycles. The molecule has 0 bridgehead atoms. The molecule has 0 fully saturated rings. The fourth-order valence-corrected chi connectivity index (χ4v) is 2.96. The highest BCUT2D eigenvalue weighted by Gasteiger charge is 2.12. The van der Waals surface area contributed by atoms with Gasteiger partial charge < -0.3 is 10.1 Å². The summed E-state index contributed by atoms with van der Waals surface area (Å²) >= 11 is 13.3. The first-order valence-corrected chi connectivity index (χ1v) is 7.51. The van der Waals surface area contributed by atoms with Gasteiger partial charge in [-0.1, -0.05) is 29.3 Å². The summed E-state index contributed by atoms with van der Waals surface area (Å²) in [6.07, 6.45) is 1.62. The van der Waals surface area contributed by atoms with Crippen molar-refractivity contribution >= 4 is 40.5 Å². The van der Waals surface area contributed by atoms with Gasteiger partial charge in [-0.3, -0.25) is 0 Å². The molecule has 0 saturated carbocycles. The number of nitrogens with zero attached hydrogens (tertiary/aromatic N) is 1. The minimum atomic E-state index is -0.999. The Bertz CT molecular complexity index is 826. The summed E-state index contributed by atoms with van der Waals surface area (Å²) in [4.78, 5) is 18.1. The summed E-state index contributed by atoms with van der Waals surface area (Å²) in [5, 5.41) is 12.5. The SMILES string of the molecule is O=C(O)c1cc(-c2csc(-c3ccc(Cl)c(Cl)c3)n2)c[nH]1. The first-order valence-electron chi connectivity index (χ1n) is 5.87. The number of hydrogen-bond donors (Lipinski definition) is 2. The lowest BCUT2D eigenvalue weighted by atomic mass is 10.2. The van der Waals surface area contributed by atoms with Gasteiger partial charge in [0.05, 0.1) is 15.7 Å². The fourth-order valence-electron chi connectivity index (χ4n) is 1.83. The Kier molecular flexibility index (Phi) is 3.71. The van der Waals surface area contributed by atoms with E-state index in [9.17, 15) is 4.79 Å². The lowest BCUT2D eigenvalue weighted by molar-refractivity contribution is 0.0691. The minimum absolute atomic E-state index is 0.133. The molecule has 4 nitrogen and oxygen atoms in total. The average Bonchev–Trinajstić information content (AvgIpc) is 3.09. The van der Waals surface area contributed by atoms with Crippen molar-refractivity contribution in [3.63, 3.8) is 0 Å². The molecule has 106 valence electrons. The molecular weight excluding hydrogens is 331 g/mol. The van der Waals surface area contributed by atoms with Gasteiger partial charge in [0.1, 0.15) is 10.7 Å². The Labute approximate surface area is 134 Å². The molecule has 0 radical (unpaired) electrons. The van der Waals surface area contributed by atoms with Gasteiger partial charge in [-0.25, -0.2) is 9.78 Å². The van der Waals surface area contributed by atoms with E-state index in [1.807, 2.05) is 11.4 Å². The van der Waals surface area contributed by atoms with Crippen LogP contribution in [0.4, 0.5) is 0 Å². The summed E-state index contributed by atoms with van der Waals surface area (Å²) in [6, 6.07) is 6.87. The van der Waals surface area contributed by atoms with E-state index in [4.69, 9.17) is 28.3 Å². The van der Waals surface area contributed by atoms with Gasteiger partial charge in [0, 0.05) is 22.7 Å². The molecule has 7 heteroatoms. The molecule has 21 heavy (non-hydrogen) atoms. The fraction of sp³-hybridized carbons (Fsp3) is 0. The maximum Gasteiger partial charge on any atom is 0.352 e. The van der Waals surface area contributed by atoms with Crippen LogP contribution in [0.1, 0.15) is 10.5 Å². The molecule has 3 aromatic rings. The summed E-state index contributed by atoms with van der Waals surface area (Å²) in [5.41, 5.74) is 2.45. The van der Waals surface area contributed by atoms with Crippen molar-refractivity contribution in [2.24, 2.45) is 0 Å². The number of H-pyrrole nitrogens is 1. The topological polar surface area (TPSA) is 66.0 Å². The molecule has 2 aromatic heterocycles.